The van der Waals surface area contributed by atoms with Crippen molar-refractivity contribution in [3.8, 4) is 0 Å². The summed E-state index contributed by atoms with van der Waals surface area (Å²) in [5, 5.41) is 0. The van der Waals surface area contributed by atoms with Crippen LogP contribution in [0.5, 0.6) is 0 Å². The fraction of sp³-hybridized carbons (Fsp3) is 0.636. The van der Waals surface area contributed by atoms with E-state index in [0.29, 0.717) is 0 Å². The van der Waals surface area contributed by atoms with Gasteiger partial charge in [0.05, 0.1) is 3.79 Å². The van der Waals surface area contributed by atoms with Crippen LogP contribution in [0.4, 0.5) is 0 Å². The molecule has 3 unspecified atom stereocenters. The largest absolute Gasteiger partial charge is 0.323 e. The average Bonchev–Trinajstić information content (AvgIpc) is 2.59. The molecule has 0 aromatic carbocycles. The molecule has 0 spiro atoms. The molecule has 1 aromatic heterocycles. The maximum atomic E-state index is 6.34. The van der Waals surface area contributed by atoms with E-state index in [1.165, 1.54) is 27.9 Å². The fourth-order valence-corrected chi connectivity index (χ4v) is 5.28. The zero-order valence-corrected chi connectivity index (χ0v) is 12.2. The quantitative estimate of drug-likeness (QED) is 0.844. The van der Waals surface area contributed by atoms with Crippen LogP contribution >= 0.6 is 43.2 Å². The maximum Gasteiger partial charge on any atom is 0.0843 e. The molecule has 0 bridgehead atoms. The number of thiophene rings is 1. The molecule has 2 N–H and O–H groups in total. The molecule has 0 saturated heterocycles. The number of nitrogens with two attached hydrogens (primary N) is 1. The summed E-state index contributed by atoms with van der Waals surface area (Å²) < 4.78 is 2.31. The highest BCUT2D eigenvalue weighted by molar-refractivity contribution is 9.13. The minimum Gasteiger partial charge on any atom is -0.323 e. The molecule has 0 radical (unpaired) electrons. The third kappa shape index (κ3) is 1.74. The van der Waals surface area contributed by atoms with Gasteiger partial charge in [0.25, 0.3) is 0 Å². The predicted octanol–water partition coefficient (Wildman–Crippen LogP) is 4.32. The van der Waals surface area contributed by atoms with E-state index in [-0.39, 0.29) is 6.04 Å². The SMILES string of the molecule is NC(c1cc(Br)c(Br)s1)C1C2CCCC21. The van der Waals surface area contributed by atoms with Crippen molar-refractivity contribution in [2.24, 2.45) is 23.5 Å². The van der Waals surface area contributed by atoms with Crippen LogP contribution in [0.1, 0.15) is 30.2 Å². The van der Waals surface area contributed by atoms with Gasteiger partial charge in [0, 0.05) is 15.4 Å². The molecule has 0 amide bonds. The zero-order chi connectivity index (χ0) is 10.6. The van der Waals surface area contributed by atoms with E-state index in [1.807, 2.05) is 0 Å². The molecule has 15 heavy (non-hydrogen) atoms. The van der Waals surface area contributed by atoms with Crippen LogP contribution in [-0.4, -0.2) is 0 Å². The summed E-state index contributed by atoms with van der Waals surface area (Å²) in [7, 11) is 0. The summed E-state index contributed by atoms with van der Waals surface area (Å²) in [5.41, 5.74) is 6.34. The van der Waals surface area contributed by atoms with Crippen molar-refractivity contribution >= 4 is 43.2 Å². The van der Waals surface area contributed by atoms with Crippen molar-refractivity contribution in [1.29, 1.82) is 0 Å². The van der Waals surface area contributed by atoms with Crippen molar-refractivity contribution in [2.45, 2.75) is 25.3 Å². The Balaban J connectivity index is 1.77. The third-order valence-corrected chi connectivity index (χ3v) is 7.24. The van der Waals surface area contributed by atoms with Gasteiger partial charge in [0.1, 0.15) is 0 Å². The van der Waals surface area contributed by atoms with Crippen LogP contribution in [0.25, 0.3) is 0 Å². The molecule has 3 rings (SSSR count). The first-order chi connectivity index (χ1) is 7.18. The van der Waals surface area contributed by atoms with E-state index in [0.717, 1.165) is 22.2 Å². The van der Waals surface area contributed by atoms with E-state index < -0.39 is 0 Å². The number of fused-ring (bicyclic) bond motifs is 1. The minimum absolute atomic E-state index is 0.271. The first-order valence-corrected chi connectivity index (χ1v) is 7.79. The number of hydrogen-bond acceptors (Lipinski definition) is 2. The summed E-state index contributed by atoms with van der Waals surface area (Å²) in [4.78, 5) is 1.33. The molecule has 1 heterocycles. The zero-order valence-electron chi connectivity index (χ0n) is 8.25. The number of halogens is 2. The van der Waals surface area contributed by atoms with Gasteiger partial charge in [-0.25, -0.2) is 0 Å². The van der Waals surface area contributed by atoms with Crippen molar-refractivity contribution in [3.05, 3.63) is 19.2 Å². The Labute approximate surface area is 111 Å². The Hall–Kier alpha value is 0.620. The van der Waals surface area contributed by atoms with Crippen LogP contribution in [0.2, 0.25) is 0 Å². The van der Waals surface area contributed by atoms with Gasteiger partial charge in [0.15, 0.2) is 0 Å². The van der Waals surface area contributed by atoms with Crippen molar-refractivity contribution < 1.29 is 0 Å². The second-order valence-corrected chi connectivity index (χ2v) is 7.89. The fourth-order valence-electron chi connectivity index (χ4n) is 3.13. The first-order valence-electron chi connectivity index (χ1n) is 5.39. The van der Waals surface area contributed by atoms with Gasteiger partial charge in [-0.15, -0.1) is 11.3 Å². The third-order valence-electron chi connectivity index (χ3n) is 3.88. The standard InChI is InChI=1S/C11H13Br2NS/c12-7-4-8(15-11(7)13)10(14)9-5-2-1-3-6(5)9/h4-6,9-10H,1-3,14H2. The Morgan fingerprint density at radius 1 is 1.33 bits per heavy atom. The van der Waals surface area contributed by atoms with Gasteiger partial charge in [-0.1, -0.05) is 6.42 Å². The van der Waals surface area contributed by atoms with Crippen LogP contribution in [0.15, 0.2) is 14.3 Å². The highest BCUT2D eigenvalue weighted by atomic mass is 79.9. The minimum atomic E-state index is 0.271. The summed E-state index contributed by atoms with van der Waals surface area (Å²) in [6.45, 7) is 0. The summed E-state index contributed by atoms with van der Waals surface area (Å²) in [6, 6.07) is 2.45. The van der Waals surface area contributed by atoms with E-state index in [1.54, 1.807) is 11.3 Å². The molecular formula is C11H13Br2NS. The average molecular weight is 351 g/mol. The van der Waals surface area contributed by atoms with Crippen molar-refractivity contribution in [3.63, 3.8) is 0 Å². The van der Waals surface area contributed by atoms with Gasteiger partial charge in [-0.05, 0) is 68.5 Å². The Morgan fingerprint density at radius 2 is 2.00 bits per heavy atom. The van der Waals surface area contributed by atoms with Crippen LogP contribution < -0.4 is 5.73 Å². The summed E-state index contributed by atoms with van der Waals surface area (Å²) in [6.07, 6.45) is 4.25. The van der Waals surface area contributed by atoms with Gasteiger partial charge >= 0.3 is 0 Å². The molecule has 1 aromatic rings. The number of rotatable bonds is 2. The first kappa shape index (κ1) is 10.8. The molecule has 3 atom stereocenters. The molecule has 2 saturated carbocycles. The van der Waals surface area contributed by atoms with E-state index in [4.69, 9.17) is 5.73 Å². The monoisotopic (exact) mass is 349 g/mol. The van der Waals surface area contributed by atoms with Crippen LogP contribution in [-0.2, 0) is 0 Å². The predicted molar refractivity (Wildman–Crippen MR) is 71.0 cm³/mol. The van der Waals surface area contributed by atoms with Crippen LogP contribution in [0.3, 0.4) is 0 Å². The normalized spacial score (nSPS) is 35.3. The molecule has 2 aliphatic carbocycles. The maximum absolute atomic E-state index is 6.34. The molecule has 1 nitrogen and oxygen atoms in total. The topological polar surface area (TPSA) is 26.0 Å². The van der Waals surface area contributed by atoms with Gasteiger partial charge in [0.2, 0.25) is 0 Å². The summed E-state index contributed by atoms with van der Waals surface area (Å²) in [5.74, 6) is 2.66. The van der Waals surface area contributed by atoms with Gasteiger partial charge < -0.3 is 5.73 Å². The lowest BCUT2D eigenvalue weighted by atomic mass is 10.0. The van der Waals surface area contributed by atoms with E-state index in [9.17, 15) is 0 Å². The molecule has 0 aliphatic heterocycles. The van der Waals surface area contributed by atoms with Gasteiger partial charge in [-0.3, -0.25) is 0 Å². The lowest BCUT2D eigenvalue weighted by Gasteiger charge is -2.11. The highest BCUT2D eigenvalue weighted by Gasteiger charge is 2.55. The smallest absolute Gasteiger partial charge is 0.0843 e. The van der Waals surface area contributed by atoms with Gasteiger partial charge in [-0.2, -0.15) is 0 Å². The van der Waals surface area contributed by atoms with E-state index in [2.05, 4.69) is 37.9 Å². The summed E-state index contributed by atoms with van der Waals surface area (Å²) >= 11 is 8.83. The second-order valence-electron chi connectivity index (χ2n) is 4.63. The molecule has 4 heteroatoms. The lowest BCUT2D eigenvalue weighted by molar-refractivity contribution is 0.507. The molecule has 82 valence electrons. The molecular weight excluding hydrogens is 338 g/mol. The lowest BCUT2D eigenvalue weighted by Crippen LogP contribution is -2.13. The van der Waals surface area contributed by atoms with E-state index >= 15 is 0 Å². The molecule has 2 fully saturated rings. The Kier molecular flexibility index (Phi) is 2.74. The molecule has 2 aliphatic rings. The second kappa shape index (κ2) is 3.83. The number of hydrogen-bond donors (Lipinski definition) is 1. The van der Waals surface area contributed by atoms with Crippen LogP contribution in [0, 0.1) is 17.8 Å². The van der Waals surface area contributed by atoms with Crippen molar-refractivity contribution in [2.75, 3.05) is 0 Å². The Bertz CT molecular complexity index is 360. The highest BCUT2D eigenvalue weighted by Crippen LogP contribution is 2.62. The van der Waals surface area contributed by atoms with Crippen molar-refractivity contribution in [1.82, 2.24) is 0 Å². The Morgan fingerprint density at radius 3 is 2.53 bits per heavy atom.